The van der Waals surface area contributed by atoms with Gasteiger partial charge in [-0.15, -0.1) is 0 Å². The summed E-state index contributed by atoms with van der Waals surface area (Å²) >= 11 is 0. The number of amides is 1. The van der Waals surface area contributed by atoms with E-state index in [1.807, 2.05) is 14.0 Å². The fraction of sp³-hybridized carbons (Fsp3) is 0.208. The average Bonchev–Trinajstić information content (AvgIpc) is 2.79. The summed E-state index contributed by atoms with van der Waals surface area (Å²) in [5.74, 6) is -0.341. The van der Waals surface area contributed by atoms with Crippen LogP contribution in [0.25, 0.3) is 11.3 Å². The van der Waals surface area contributed by atoms with Crippen molar-refractivity contribution in [1.82, 2.24) is 15.3 Å². The maximum atomic E-state index is 13.3. The molecule has 3 aromatic rings. The molecule has 10 heteroatoms. The molecule has 1 heterocycles. The number of H-pyrrole nitrogens is 1. The van der Waals surface area contributed by atoms with E-state index in [-0.39, 0.29) is 30.1 Å². The maximum Gasteiger partial charge on any atom is 0.224 e. The minimum Gasteiger partial charge on any atom is -0.399 e. The predicted octanol–water partition coefficient (Wildman–Crippen LogP) is 1.63. The van der Waals surface area contributed by atoms with Gasteiger partial charge in [-0.3, -0.25) is 15.0 Å². The molecule has 0 unspecified atom stereocenters. The molecule has 0 aliphatic carbocycles. The lowest BCUT2D eigenvalue weighted by Gasteiger charge is -2.18. The van der Waals surface area contributed by atoms with Crippen molar-refractivity contribution in [3.8, 4) is 11.3 Å². The number of nitrogens with zero attached hydrogens (tertiary/aromatic N) is 1. The first kappa shape index (κ1) is 24.3. The standard InChI is InChI=1S/C24H30N8O2/c1-3-32(2)31-20-13-30-22(16-8-17(25)10-18(26)9-16)19(23(20)34)11-21(33)29-12-14-4-6-15(7-5-14)24(27)28/h4-10,13,31H,3,11-12,25-26H2,1-2H3,(H3,27,28)(H,29,33)(H,30,34). The van der Waals surface area contributed by atoms with E-state index in [0.717, 1.165) is 5.56 Å². The molecule has 1 aromatic heterocycles. The van der Waals surface area contributed by atoms with E-state index in [9.17, 15) is 9.59 Å². The Morgan fingerprint density at radius 1 is 1.12 bits per heavy atom. The molecule has 2 aromatic carbocycles. The molecule has 0 spiro atoms. The number of hydrogen-bond acceptors (Lipinski definition) is 7. The van der Waals surface area contributed by atoms with Crippen LogP contribution in [0, 0.1) is 5.41 Å². The van der Waals surface area contributed by atoms with Crippen LogP contribution in [0.2, 0.25) is 0 Å². The average molecular weight is 463 g/mol. The number of benzene rings is 2. The molecule has 178 valence electrons. The minimum absolute atomic E-state index is 0.0215. The monoisotopic (exact) mass is 462 g/mol. The molecule has 0 bridgehead atoms. The number of amidine groups is 1. The van der Waals surface area contributed by atoms with E-state index >= 15 is 0 Å². The summed E-state index contributed by atoms with van der Waals surface area (Å²) in [6.07, 6.45) is 1.43. The van der Waals surface area contributed by atoms with Crippen LogP contribution in [-0.4, -0.2) is 35.3 Å². The zero-order valence-corrected chi connectivity index (χ0v) is 19.2. The van der Waals surface area contributed by atoms with Crippen LogP contribution in [0.1, 0.15) is 23.6 Å². The van der Waals surface area contributed by atoms with Gasteiger partial charge in [0.2, 0.25) is 11.3 Å². The Hall–Kier alpha value is -4.31. The maximum absolute atomic E-state index is 13.3. The van der Waals surface area contributed by atoms with Crippen molar-refractivity contribution in [3.05, 3.63) is 75.6 Å². The highest BCUT2D eigenvalue weighted by Crippen LogP contribution is 2.26. The van der Waals surface area contributed by atoms with E-state index in [1.165, 1.54) is 0 Å². The van der Waals surface area contributed by atoms with E-state index in [4.69, 9.17) is 22.6 Å². The molecule has 10 N–H and O–H groups in total. The molecule has 1 amide bonds. The van der Waals surface area contributed by atoms with Crippen molar-refractivity contribution < 1.29 is 4.79 Å². The predicted molar refractivity (Wildman–Crippen MR) is 136 cm³/mol. The van der Waals surface area contributed by atoms with Crippen LogP contribution < -0.4 is 33.4 Å². The third-order valence-electron chi connectivity index (χ3n) is 5.33. The zero-order valence-electron chi connectivity index (χ0n) is 19.2. The smallest absolute Gasteiger partial charge is 0.224 e. The van der Waals surface area contributed by atoms with Crippen molar-refractivity contribution in [2.24, 2.45) is 5.73 Å². The summed E-state index contributed by atoms with van der Waals surface area (Å²) in [5.41, 5.74) is 24.2. The Bertz CT molecular complexity index is 1230. The van der Waals surface area contributed by atoms with Crippen LogP contribution in [0.3, 0.4) is 0 Å². The normalized spacial score (nSPS) is 10.8. The fourth-order valence-electron chi connectivity index (χ4n) is 3.41. The van der Waals surface area contributed by atoms with Crippen LogP contribution in [0.5, 0.6) is 0 Å². The molecular weight excluding hydrogens is 432 g/mol. The lowest BCUT2D eigenvalue weighted by Crippen LogP contribution is -2.31. The molecular formula is C24H30N8O2. The van der Waals surface area contributed by atoms with Gasteiger partial charge in [0.25, 0.3) is 0 Å². The number of anilines is 3. The zero-order chi connectivity index (χ0) is 24.8. The van der Waals surface area contributed by atoms with Gasteiger partial charge in [0.05, 0.1) is 12.1 Å². The highest BCUT2D eigenvalue weighted by molar-refractivity contribution is 5.94. The van der Waals surface area contributed by atoms with Gasteiger partial charge in [-0.2, -0.15) is 0 Å². The Morgan fingerprint density at radius 2 is 1.76 bits per heavy atom. The lowest BCUT2D eigenvalue weighted by atomic mass is 10.0. The highest BCUT2D eigenvalue weighted by Gasteiger charge is 2.18. The van der Waals surface area contributed by atoms with Crippen LogP contribution in [0.4, 0.5) is 17.1 Å². The Morgan fingerprint density at radius 3 is 2.35 bits per heavy atom. The molecule has 3 rings (SSSR count). The number of aromatic amines is 1. The lowest BCUT2D eigenvalue weighted by molar-refractivity contribution is -0.120. The summed E-state index contributed by atoms with van der Waals surface area (Å²) < 4.78 is 0. The number of nitrogen functional groups attached to an aromatic ring is 3. The topological polar surface area (TPSA) is 179 Å². The summed E-state index contributed by atoms with van der Waals surface area (Å²) in [5, 5.41) is 12.1. The number of carbonyl (C=O) groups excluding carboxylic acids is 1. The van der Waals surface area contributed by atoms with Crippen molar-refractivity contribution in [3.63, 3.8) is 0 Å². The van der Waals surface area contributed by atoms with Crippen molar-refractivity contribution in [2.75, 3.05) is 30.5 Å². The van der Waals surface area contributed by atoms with Crippen molar-refractivity contribution >= 4 is 28.8 Å². The number of carbonyl (C=O) groups is 1. The van der Waals surface area contributed by atoms with Crippen LogP contribution in [-0.2, 0) is 17.8 Å². The fourth-order valence-corrected chi connectivity index (χ4v) is 3.41. The van der Waals surface area contributed by atoms with Gasteiger partial charge in [0.15, 0.2) is 0 Å². The molecule has 10 nitrogen and oxygen atoms in total. The van der Waals surface area contributed by atoms with Gasteiger partial charge in [0.1, 0.15) is 11.5 Å². The first-order valence-corrected chi connectivity index (χ1v) is 10.8. The second-order valence-corrected chi connectivity index (χ2v) is 7.96. The molecule has 0 radical (unpaired) electrons. The summed E-state index contributed by atoms with van der Waals surface area (Å²) in [7, 11) is 1.82. The molecule has 0 saturated heterocycles. The van der Waals surface area contributed by atoms with Gasteiger partial charge in [-0.1, -0.05) is 31.2 Å². The van der Waals surface area contributed by atoms with Crippen LogP contribution >= 0.6 is 0 Å². The summed E-state index contributed by atoms with van der Waals surface area (Å²) in [6.45, 7) is 2.89. The van der Waals surface area contributed by atoms with Gasteiger partial charge >= 0.3 is 0 Å². The first-order chi connectivity index (χ1) is 16.2. The van der Waals surface area contributed by atoms with Gasteiger partial charge in [0, 0.05) is 54.4 Å². The number of pyridine rings is 1. The Labute approximate surface area is 197 Å². The third-order valence-corrected chi connectivity index (χ3v) is 5.33. The Balaban J connectivity index is 1.88. The third kappa shape index (κ3) is 5.93. The van der Waals surface area contributed by atoms with E-state index in [2.05, 4.69) is 15.7 Å². The molecule has 0 atom stereocenters. The number of hydrogen-bond donors (Lipinski definition) is 7. The summed E-state index contributed by atoms with van der Waals surface area (Å²) in [6, 6.07) is 12.0. The Kier molecular flexibility index (Phi) is 7.54. The van der Waals surface area contributed by atoms with E-state index < -0.39 is 0 Å². The van der Waals surface area contributed by atoms with Crippen molar-refractivity contribution in [1.29, 1.82) is 5.41 Å². The minimum atomic E-state index is -0.319. The molecule has 0 saturated carbocycles. The number of nitrogens with two attached hydrogens (primary N) is 3. The van der Waals surface area contributed by atoms with Crippen LogP contribution in [0.15, 0.2) is 53.5 Å². The summed E-state index contributed by atoms with van der Waals surface area (Å²) in [4.78, 5) is 29.3. The van der Waals surface area contributed by atoms with Gasteiger partial charge in [-0.05, 0) is 23.8 Å². The largest absolute Gasteiger partial charge is 0.399 e. The first-order valence-electron chi connectivity index (χ1n) is 10.8. The second-order valence-electron chi connectivity index (χ2n) is 7.96. The highest BCUT2D eigenvalue weighted by atomic mass is 16.1. The molecule has 0 aliphatic rings. The molecule has 34 heavy (non-hydrogen) atoms. The number of hydrazine groups is 1. The van der Waals surface area contributed by atoms with Crippen molar-refractivity contribution in [2.45, 2.75) is 19.9 Å². The SMILES string of the molecule is CCN(C)Nc1c[nH]c(-c2cc(N)cc(N)c2)c(CC(=O)NCc2ccc(C(=N)N)cc2)c1=O. The van der Waals surface area contributed by atoms with Gasteiger partial charge < -0.3 is 32.9 Å². The number of rotatable bonds is 9. The van der Waals surface area contributed by atoms with E-state index in [0.29, 0.717) is 46.0 Å². The molecule has 0 aliphatic heterocycles. The second kappa shape index (κ2) is 10.5. The quantitative estimate of drug-likeness (QED) is 0.109. The van der Waals surface area contributed by atoms with Gasteiger partial charge in [-0.25, -0.2) is 5.01 Å². The molecule has 0 fully saturated rings. The van der Waals surface area contributed by atoms with E-state index in [1.54, 1.807) is 53.7 Å². The number of aromatic nitrogens is 1. The number of nitrogens with one attached hydrogen (secondary N) is 4.